The zero-order chi connectivity index (χ0) is 20.2. The van der Waals surface area contributed by atoms with Gasteiger partial charge in [-0.15, -0.1) is 0 Å². The van der Waals surface area contributed by atoms with Crippen molar-refractivity contribution in [1.82, 2.24) is 24.8 Å². The molecule has 0 bridgehead atoms. The van der Waals surface area contributed by atoms with E-state index in [9.17, 15) is 4.79 Å². The third-order valence-corrected chi connectivity index (χ3v) is 4.94. The SMILES string of the molecule is COCCN1CCN(c2ccc(Nc3ncc4cc(C(=O)O)[nH]c4n3)nc2)CC1. The quantitative estimate of drug-likeness (QED) is 0.545. The van der Waals surface area contributed by atoms with Crippen molar-refractivity contribution in [2.24, 2.45) is 0 Å². The minimum atomic E-state index is -1.03. The molecule has 0 amide bonds. The smallest absolute Gasteiger partial charge is 0.352 e. The van der Waals surface area contributed by atoms with Gasteiger partial charge in [0.05, 0.1) is 18.5 Å². The Kier molecular flexibility index (Phi) is 5.54. The molecule has 0 spiro atoms. The lowest BCUT2D eigenvalue weighted by atomic mass is 10.2. The van der Waals surface area contributed by atoms with E-state index in [-0.39, 0.29) is 5.69 Å². The number of hydrogen-bond donors (Lipinski definition) is 3. The number of nitrogens with zero attached hydrogens (tertiary/aromatic N) is 5. The van der Waals surface area contributed by atoms with Crippen molar-refractivity contribution in [3.8, 4) is 0 Å². The van der Waals surface area contributed by atoms with Gasteiger partial charge in [0.15, 0.2) is 0 Å². The number of pyridine rings is 1. The molecule has 0 aliphatic carbocycles. The van der Waals surface area contributed by atoms with Gasteiger partial charge in [0.1, 0.15) is 17.2 Å². The van der Waals surface area contributed by atoms with Crippen LogP contribution in [0.5, 0.6) is 0 Å². The maximum absolute atomic E-state index is 11.1. The maximum Gasteiger partial charge on any atom is 0.352 e. The number of fused-ring (bicyclic) bond motifs is 1. The molecule has 0 unspecified atom stereocenters. The van der Waals surface area contributed by atoms with Gasteiger partial charge in [-0.25, -0.2) is 14.8 Å². The summed E-state index contributed by atoms with van der Waals surface area (Å²) in [7, 11) is 1.73. The summed E-state index contributed by atoms with van der Waals surface area (Å²) in [5, 5.41) is 12.8. The molecule has 1 aliphatic heterocycles. The lowest BCUT2D eigenvalue weighted by Gasteiger charge is -2.35. The number of aromatic carboxylic acids is 1. The summed E-state index contributed by atoms with van der Waals surface area (Å²) in [6, 6.07) is 5.41. The molecule has 3 N–H and O–H groups in total. The van der Waals surface area contributed by atoms with Crippen LogP contribution >= 0.6 is 0 Å². The molecule has 1 fully saturated rings. The Bertz CT molecular complexity index is 981. The largest absolute Gasteiger partial charge is 0.477 e. The van der Waals surface area contributed by atoms with E-state index < -0.39 is 5.97 Å². The van der Waals surface area contributed by atoms with E-state index in [2.05, 4.69) is 35.1 Å². The van der Waals surface area contributed by atoms with Gasteiger partial charge >= 0.3 is 5.97 Å². The summed E-state index contributed by atoms with van der Waals surface area (Å²) < 4.78 is 5.14. The lowest BCUT2D eigenvalue weighted by molar-refractivity contribution is 0.0691. The standard InChI is InChI=1S/C19H23N7O3/c1-29-9-8-25-4-6-26(7-5-25)14-2-3-16(20-12-14)23-19-21-11-13-10-15(18(27)28)22-17(13)24-19/h2-3,10-12H,4-9H2,1H3,(H,27,28)(H2,20,21,22,23,24). The molecular formula is C19H23N7O3. The monoisotopic (exact) mass is 397 g/mol. The van der Waals surface area contributed by atoms with E-state index in [1.807, 2.05) is 18.3 Å². The zero-order valence-electron chi connectivity index (χ0n) is 16.1. The molecule has 152 valence electrons. The van der Waals surface area contributed by atoms with Crippen molar-refractivity contribution in [3.05, 3.63) is 36.3 Å². The number of rotatable bonds is 7. The number of carboxylic acids is 1. The predicted octanol–water partition coefficient (Wildman–Crippen LogP) is 1.56. The molecule has 1 aliphatic rings. The fourth-order valence-corrected chi connectivity index (χ4v) is 3.30. The van der Waals surface area contributed by atoms with Crippen LogP contribution in [-0.2, 0) is 4.74 Å². The van der Waals surface area contributed by atoms with Crippen LogP contribution < -0.4 is 10.2 Å². The number of carbonyl (C=O) groups is 1. The van der Waals surface area contributed by atoms with Gasteiger partial charge in [-0.1, -0.05) is 0 Å². The van der Waals surface area contributed by atoms with Gasteiger partial charge in [0.25, 0.3) is 0 Å². The Balaban J connectivity index is 1.38. The minimum Gasteiger partial charge on any atom is -0.477 e. The van der Waals surface area contributed by atoms with E-state index in [1.165, 1.54) is 6.07 Å². The van der Waals surface area contributed by atoms with Crippen LogP contribution in [0, 0.1) is 0 Å². The van der Waals surface area contributed by atoms with Gasteiger partial charge in [-0.3, -0.25) is 4.90 Å². The molecule has 0 saturated carbocycles. The first kappa shape index (κ1) is 19.1. The summed E-state index contributed by atoms with van der Waals surface area (Å²) in [6.07, 6.45) is 3.41. The van der Waals surface area contributed by atoms with E-state index in [0.29, 0.717) is 22.8 Å². The number of ether oxygens (including phenoxy) is 1. The van der Waals surface area contributed by atoms with Crippen LogP contribution in [0.1, 0.15) is 10.5 Å². The summed E-state index contributed by atoms with van der Waals surface area (Å²) in [6.45, 7) is 5.64. The second-order valence-corrected chi connectivity index (χ2v) is 6.83. The molecule has 0 atom stereocenters. The minimum absolute atomic E-state index is 0.0799. The lowest BCUT2D eigenvalue weighted by Crippen LogP contribution is -2.47. The van der Waals surface area contributed by atoms with Gasteiger partial charge in [-0.05, 0) is 18.2 Å². The van der Waals surface area contributed by atoms with Crippen molar-refractivity contribution < 1.29 is 14.6 Å². The Morgan fingerprint density at radius 2 is 2.07 bits per heavy atom. The Morgan fingerprint density at radius 1 is 1.24 bits per heavy atom. The molecule has 1 saturated heterocycles. The van der Waals surface area contributed by atoms with E-state index in [4.69, 9.17) is 9.84 Å². The summed E-state index contributed by atoms with van der Waals surface area (Å²) >= 11 is 0. The highest BCUT2D eigenvalue weighted by atomic mass is 16.5. The first-order valence-electron chi connectivity index (χ1n) is 9.41. The zero-order valence-corrected chi connectivity index (χ0v) is 16.1. The number of hydrogen-bond acceptors (Lipinski definition) is 8. The average Bonchev–Trinajstić information content (AvgIpc) is 3.17. The fourth-order valence-electron chi connectivity index (χ4n) is 3.30. The highest BCUT2D eigenvalue weighted by Gasteiger charge is 2.17. The van der Waals surface area contributed by atoms with Crippen molar-refractivity contribution in [2.75, 3.05) is 56.7 Å². The van der Waals surface area contributed by atoms with Crippen LogP contribution in [0.3, 0.4) is 0 Å². The second-order valence-electron chi connectivity index (χ2n) is 6.83. The van der Waals surface area contributed by atoms with E-state index in [0.717, 1.165) is 45.0 Å². The predicted molar refractivity (Wildman–Crippen MR) is 109 cm³/mol. The van der Waals surface area contributed by atoms with Crippen molar-refractivity contribution in [2.45, 2.75) is 0 Å². The second kappa shape index (κ2) is 8.41. The molecule has 10 heteroatoms. The summed E-state index contributed by atoms with van der Waals surface area (Å²) in [5.74, 6) is -0.0607. The van der Waals surface area contributed by atoms with Crippen molar-refractivity contribution >= 4 is 34.5 Å². The molecule has 0 aromatic carbocycles. The van der Waals surface area contributed by atoms with Gasteiger partial charge in [0.2, 0.25) is 5.95 Å². The number of carboxylic acid groups (broad SMARTS) is 1. The van der Waals surface area contributed by atoms with Crippen LogP contribution in [0.25, 0.3) is 11.0 Å². The maximum atomic E-state index is 11.1. The van der Waals surface area contributed by atoms with Crippen LogP contribution in [0.15, 0.2) is 30.6 Å². The third-order valence-electron chi connectivity index (χ3n) is 4.94. The number of H-pyrrole nitrogens is 1. The van der Waals surface area contributed by atoms with E-state index >= 15 is 0 Å². The number of aromatic amines is 1. The topological polar surface area (TPSA) is 120 Å². The Labute approximate surface area is 167 Å². The molecular weight excluding hydrogens is 374 g/mol. The molecule has 3 aromatic heterocycles. The Hall–Kier alpha value is -3.24. The summed E-state index contributed by atoms with van der Waals surface area (Å²) in [4.78, 5) is 31.5. The number of methoxy groups -OCH3 is 1. The van der Waals surface area contributed by atoms with Crippen LogP contribution in [0.4, 0.5) is 17.5 Å². The van der Waals surface area contributed by atoms with Crippen LogP contribution in [-0.4, -0.2) is 82.4 Å². The highest BCUT2D eigenvalue weighted by molar-refractivity contribution is 5.92. The Morgan fingerprint density at radius 3 is 2.76 bits per heavy atom. The normalized spacial score (nSPS) is 15.0. The number of piperazine rings is 1. The summed E-state index contributed by atoms with van der Waals surface area (Å²) in [5.41, 5.74) is 1.62. The van der Waals surface area contributed by atoms with Gasteiger partial charge in [-0.2, -0.15) is 4.98 Å². The van der Waals surface area contributed by atoms with Crippen molar-refractivity contribution in [1.29, 1.82) is 0 Å². The number of aromatic nitrogens is 4. The molecule has 3 aromatic rings. The van der Waals surface area contributed by atoms with Gasteiger partial charge in [0, 0.05) is 51.4 Å². The first-order valence-corrected chi connectivity index (χ1v) is 9.41. The molecule has 0 radical (unpaired) electrons. The first-order chi connectivity index (χ1) is 14.1. The molecule has 4 rings (SSSR count). The van der Waals surface area contributed by atoms with Crippen molar-refractivity contribution in [3.63, 3.8) is 0 Å². The van der Waals surface area contributed by atoms with E-state index in [1.54, 1.807) is 13.3 Å². The average molecular weight is 397 g/mol. The fraction of sp³-hybridized carbons (Fsp3) is 0.368. The molecule has 10 nitrogen and oxygen atoms in total. The number of nitrogens with one attached hydrogen (secondary N) is 2. The highest BCUT2D eigenvalue weighted by Crippen LogP contribution is 2.20. The number of anilines is 3. The van der Waals surface area contributed by atoms with Gasteiger partial charge < -0.3 is 25.0 Å². The third kappa shape index (κ3) is 4.44. The molecule has 4 heterocycles. The molecule has 29 heavy (non-hydrogen) atoms. The van der Waals surface area contributed by atoms with Crippen LogP contribution in [0.2, 0.25) is 0 Å².